The molecule has 0 saturated heterocycles. The molecule has 2 N–H and O–H groups in total. The second-order valence-corrected chi connectivity index (χ2v) is 7.49. The number of hydrogen-bond acceptors (Lipinski definition) is 3. The summed E-state index contributed by atoms with van der Waals surface area (Å²) in [5.41, 5.74) is 4.16. The fraction of sp³-hybridized carbons (Fsp3) is 0.231. The van der Waals surface area contributed by atoms with Crippen LogP contribution in [0.5, 0.6) is 5.75 Å². The molecule has 31 heavy (non-hydrogen) atoms. The lowest BCUT2D eigenvalue weighted by atomic mass is 9.98. The van der Waals surface area contributed by atoms with Gasteiger partial charge in [-0.15, -0.1) is 0 Å². The number of carbonyl (C=O) groups excluding carboxylic acids is 1. The van der Waals surface area contributed by atoms with E-state index in [0.717, 1.165) is 22.3 Å². The van der Waals surface area contributed by atoms with Crippen LogP contribution in [0, 0.1) is 0 Å². The molecule has 0 saturated carbocycles. The molecule has 5 heteroatoms. The van der Waals surface area contributed by atoms with Crippen LogP contribution in [0.2, 0.25) is 0 Å². The summed E-state index contributed by atoms with van der Waals surface area (Å²) in [6, 6.07) is 25.4. The molecule has 0 spiro atoms. The number of rotatable bonds is 10. The number of carbonyl (C=O) groups is 2. The lowest BCUT2D eigenvalue weighted by Gasteiger charge is -2.19. The molecule has 3 aromatic rings. The standard InChI is InChI=1S/C26H27NO4/c1-31-24-9-5-6-20(17-24)18-25(28)27-23(14-15-26(29)30)16-19-10-12-22(13-11-19)21-7-3-2-4-8-21/h2-13,17,23H,14-16,18H2,1H3,(H,27,28)(H,29,30). The van der Waals surface area contributed by atoms with Crippen LogP contribution in [-0.2, 0) is 22.4 Å². The zero-order chi connectivity index (χ0) is 22.1. The monoisotopic (exact) mass is 417 g/mol. The van der Waals surface area contributed by atoms with Gasteiger partial charge in [0.15, 0.2) is 0 Å². The van der Waals surface area contributed by atoms with Gasteiger partial charge in [-0.1, -0.05) is 66.7 Å². The number of methoxy groups -OCH3 is 1. The van der Waals surface area contributed by atoms with E-state index in [0.29, 0.717) is 18.6 Å². The summed E-state index contributed by atoms with van der Waals surface area (Å²) in [6.45, 7) is 0. The normalized spacial score (nSPS) is 11.5. The Balaban J connectivity index is 1.65. The van der Waals surface area contributed by atoms with E-state index in [4.69, 9.17) is 9.84 Å². The molecule has 5 nitrogen and oxygen atoms in total. The van der Waals surface area contributed by atoms with Crippen molar-refractivity contribution in [2.24, 2.45) is 0 Å². The Morgan fingerprint density at radius 1 is 0.903 bits per heavy atom. The van der Waals surface area contributed by atoms with Crippen molar-refractivity contribution in [2.75, 3.05) is 7.11 Å². The van der Waals surface area contributed by atoms with E-state index in [1.54, 1.807) is 7.11 Å². The predicted octanol–water partition coefficient (Wildman–Crippen LogP) is 4.50. The van der Waals surface area contributed by atoms with Crippen molar-refractivity contribution >= 4 is 11.9 Å². The van der Waals surface area contributed by atoms with Crippen molar-refractivity contribution in [3.63, 3.8) is 0 Å². The van der Waals surface area contributed by atoms with Gasteiger partial charge in [-0.05, 0) is 47.2 Å². The Kier molecular flexibility index (Phi) is 7.82. The van der Waals surface area contributed by atoms with Crippen LogP contribution in [0.3, 0.4) is 0 Å². The Morgan fingerprint density at radius 3 is 2.29 bits per heavy atom. The summed E-state index contributed by atoms with van der Waals surface area (Å²) >= 11 is 0. The van der Waals surface area contributed by atoms with E-state index in [1.165, 1.54) is 0 Å². The maximum absolute atomic E-state index is 12.6. The quantitative estimate of drug-likeness (QED) is 0.509. The highest BCUT2D eigenvalue weighted by atomic mass is 16.5. The van der Waals surface area contributed by atoms with Crippen LogP contribution in [0.1, 0.15) is 24.0 Å². The van der Waals surface area contributed by atoms with E-state index in [2.05, 4.69) is 29.6 Å². The highest BCUT2D eigenvalue weighted by molar-refractivity contribution is 5.79. The average molecular weight is 418 g/mol. The summed E-state index contributed by atoms with van der Waals surface area (Å²) in [7, 11) is 1.59. The van der Waals surface area contributed by atoms with Gasteiger partial charge in [0, 0.05) is 12.5 Å². The third kappa shape index (κ3) is 7.00. The molecule has 3 rings (SSSR count). The second kappa shape index (κ2) is 11.0. The van der Waals surface area contributed by atoms with Crippen LogP contribution >= 0.6 is 0 Å². The molecular formula is C26H27NO4. The number of aliphatic carboxylic acids is 1. The van der Waals surface area contributed by atoms with E-state index < -0.39 is 5.97 Å². The minimum Gasteiger partial charge on any atom is -0.497 e. The van der Waals surface area contributed by atoms with Gasteiger partial charge in [-0.25, -0.2) is 0 Å². The molecule has 1 atom stereocenters. The van der Waals surface area contributed by atoms with Gasteiger partial charge in [0.25, 0.3) is 0 Å². The van der Waals surface area contributed by atoms with Gasteiger partial charge in [0.1, 0.15) is 5.75 Å². The smallest absolute Gasteiger partial charge is 0.303 e. The fourth-order valence-corrected chi connectivity index (χ4v) is 3.52. The number of carboxylic acids is 1. The second-order valence-electron chi connectivity index (χ2n) is 7.49. The highest BCUT2D eigenvalue weighted by Gasteiger charge is 2.15. The van der Waals surface area contributed by atoms with Gasteiger partial charge in [-0.3, -0.25) is 9.59 Å². The summed E-state index contributed by atoms with van der Waals surface area (Å²) in [5, 5.41) is 12.1. The minimum atomic E-state index is -0.869. The molecule has 0 radical (unpaired) electrons. The maximum Gasteiger partial charge on any atom is 0.303 e. The van der Waals surface area contributed by atoms with Crippen LogP contribution in [0.25, 0.3) is 11.1 Å². The first-order valence-electron chi connectivity index (χ1n) is 10.3. The van der Waals surface area contributed by atoms with Crippen LogP contribution in [0.15, 0.2) is 78.9 Å². The number of hydrogen-bond donors (Lipinski definition) is 2. The SMILES string of the molecule is COc1cccc(CC(=O)NC(CCC(=O)O)Cc2ccc(-c3ccccc3)cc2)c1. The molecular weight excluding hydrogens is 390 g/mol. The van der Waals surface area contributed by atoms with Crippen molar-refractivity contribution in [3.8, 4) is 16.9 Å². The number of benzene rings is 3. The van der Waals surface area contributed by atoms with Gasteiger partial charge in [0.05, 0.1) is 13.5 Å². The number of ether oxygens (including phenoxy) is 1. The van der Waals surface area contributed by atoms with Gasteiger partial charge >= 0.3 is 5.97 Å². The average Bonchev–Trinajstić information content (AvgIpc) is 2.78. The van der Waals surface area contributed by atoms with E-state index in [9.17, 15) is 9.59 Å². The number of carboxylic acid groups (broad SMARTS) is 1. The van der Waals surface area contributed by atoms with Gasteiger partial charge < -0.3 is 15.2 Å². The van der Waals surface area contributed by atoms with Crippen molar-refractivity contribution < 1.29 is 19.4 Å². The zero-order valence-corrected chi connectivity index (χ0v) is 17.6. The van der Waals surface area contributed by atoms with Gasteiger partial charge in [0.2, 0.25) is 5.91 Å². The molecule has 0 aliphatic rings. The Bertz CT molecular complexity index is 999. The van der Waals surface area contributed by atoms with Crippen LogP contribution in [-0.4, -0.2) is 30.1 Å². The summed E-state index contributed by atoms with van der Waals surface area (Å²) in [4.78, 5) is 23.7. The summed E-state index contributed by atoms with van der Waals surface area (Å²) < 4.78 is 5.21. The molecule has 0 heterocycles. The van der Waals surface area contributed by atoms with Gasteiger partial charge in [-0.2, -0.15) is 0 Å². The lowest BCUT2D eigenvalue weighted by Crippen LogP contribution is -2.37. The molecule has 0 fully saturated rings. The summed E-state index contributed by atoms with van der Waals surface area (Å²) in [6.07, 6.45) is 1.17. The molecule has 3 aromatic carbocycles. The van der Waals surface area contributed by atoms with Crippen LogP contribution in [0.4, 0.5) is 0 Å². The molecule has 0 aromatic heterocycles. The predicted molar refractivity (Wildman–Crippen MR) is 121 cm³/mol. The third-order valence-electron chi connectivity index (χ3n) is 5.11. The van der Waals surface area contributed by atoms with E-state index in [1.807, 2.05) is 54.6 Å². The topological polar surface area (TPSA) is 75.6 Å². The van der Waals surface area contributed by atoms with Crippen molar-refractivity contribution in [1.29, 1.82) is 0 Å². The van der Waals surface area contributed by atoms with Crippen molar-refractivity contribution in [1.82, 2.24) is 5.32 Å². The first kappa shape index (κ1) is 22.1. The zero-order valence-electron chi connectivity index (χ0n) is 17.6. The number of nitrogens with one attached hydrogen (secondary N) is 1. The molecule has 0 bridgehead atoms. The van der Waals surface area contributed by atoms with Crippen LogP contribution < -0.4 is 10.1 Å². The Labute approximate surface area is 182 Å². The van der Waals surface area contributed by atoms with E-state index in [-0.39, 0.29) is 24.8 Å². The maximum atomic E-state index is 12.6. The lowest BCUT2D eigenvalue weighted by molar-refractivity contribution is -0.137. The number of amides is 1. The van der Waals surface area contributed by atoms with Crippen molar-refractivity contribution in [2.45, 2.75) is 31.7 Å². The summed E-state index contributed by atoms with van der Waals surface area (Å²) in [5.74, 6) is -0.303. The largest absolute Gasteiger partial charge is 0.497 e. The molecule has 0 aliphatic heterocycles. The molecule has 1 amide bonds. The fourth-order valence-electron chi connectivity index (χ4n) is 3.52. The molecule has 160 valence electrons. The first-order valence-corrected chi connectivity index (χ1v) is 10.3. The first-order chi connectivity index (χ1) is 15.0. The molecule has 0 aliphatic carbocycles. The van der Waals surface area contributed by atoms with Crippen molar-refractivity contribution in [3.05, 3.63) is 90.0 Å². The molecule has 1 unspecified atom stereocenters. The highest BCUT2D eigenvalue weighted by Crippen LogP contribution is 2.20. The Hall–Kier alpha value is -3.60. The minimum absolute atomic E-state index is 0.00616. The Morgan fingerprint density at radius 2 is 1.61 bits per heavy atom. The van der Waals surface area contributed by atoms with E-state index >= 15 is 0 Å². The third-order valence-corrected chi connectivity index (χ3v) is 5.11.